The molecular weight excluding hydrogens is 434 g/mol. The first-order valence-electron chi connectivity index (χ1n) is 9.53. The molecule has 30 heavy (non-hydrogen) atoms. The average Bonchev–Trinajstić information content (AvgIpc) is 3.19. The molecule has 8 nitrogen and oxygen atoms in total. The van der Waals surface area contributed by atoms with E-state index in [-0.39, 0.29) is 45.4 Å². The zero-order valence-corrected chi connectivity index (χ0v) is 18.4. The minimum atomic E-state index is -3.05. The number of nitrogens with one attached hydrogen (secondary N) is 1. The lowest BCUT2D eigenvalue weighted by Crippen LogP contribution is -2.55. The summed E-state index contributed by atoms with van der Waals surface area (Å²) in [4.78, 5) is 26.6. The number of methoxy groups -OCH3 is 2. The number of halogens is 1. The molecule has 0 radical (unpaired) electrons. The van der Waals surface area contributed by atoms with Crippen LogP contribution in [0.1, 0.15) is 30.1 Å². The Hall–Kier alpha value is -2.26. The second kappa shape index (κ2) is 7.16. The van der Waals surface area contributed by atoms with Crippen LogP contribution in [0, 0.1) is 5.92 Å². The van der Waals surface area contributed by atoms with E-state index in [1.54, 1.807) is 6.92 Å². The largest absolute Gasteiger partial charge is 0.496 e. The number of fused-ring (bicyclic) bond motifs is 1. The fourth-order valence-electron chi connectivity index (χ4n) is 4.40. The lowest BCUT2D eigenvalue weighted by molar-refractivity contribution is -0.129. The molecule has 3 atom stereocenters. The molecule has 0 unspecified atom stereocenters. The van der Waals surface area contributed by atoms with Crippen LogP contribution in [0.3, 0.4) is 0 Å². The highest BCUT2D eigenvalue weighted by atomic mass is 35.5. The SMILES string of the molecule is COc1cc(OC)c2c(c1Cl)O[C@@]1(C(=O)C=C(N[C@H]3CCS(=O)(=O)C3)C[C@H]1C)C2=O. The summed E-state index contributed by atoms with van der Waals surface area (Å²) in [5, 5.41) is 3.25. The zero-order valence-electron chi connectivity index (χ0n) is 16.8. The predicted octanol–water partition coefficient (Wildman–Crippen LogP) is 1.94. The van der Waals surface area contributed by atoms with Crippen molar-refractivity contribution in [2.45, 2.75) is 31.4 Å². The zero-order chi connectivity index (χ0) is 21.8. The van der Waals surface area contributed by atoms with Crippen LogP contribution in [-0.2, 0) is 14.6 Å². The fraction of sp³-hybridized carbons (Fsp3) is 0.500. The maximum absolute atomic E-state index is 13.4. The van der Waals surface area contributed by atoms with Crippen LogP contribution in [0.5, 0.6) is 17.2 Å². The molecule has 0 bridgehead atoms. The molecular formula is C20H22ClNO7S. The number of rotatable bonds is 4. The van der Waals surface area contributed by atoms with Crippen LogP contribution in [0.4, 0.5) is 0 Å². The standard InChI is InChI=1S/C20H22ClNO7S/c1-10-6-12(22-11-4-5-30(25,26)9-11)7-15(23)20(10)19(24)16-13(27-2)8-14(28-3)17(21)18(16)29-20/h7-8,10-11,22H,4-6,9H2,1-3H3/t10-,11+,20+/m1/s1. The van der Waals surface area contributed by atoms with E-state index < -0.39 is 32.9 Å². The molecule has 1 aromatic carbocycles. The highest BCUT2D eigenvalue weighted by Gasteiger charge is 2.60. The lowest BCUT2D eigenvalue weighted by atomic mass is 9.74. The first-order valence-corrected chi connectivity index (χ1v) is 11.7. The minimum absolute atomic E-state index is 0.0333. The van der Waals surface area contributed by atoms with E-state index in [0.717, 1.165) is 0 Å². The van der Waals surface area contributed by atoms with Crippen LogP contribution in [0.15, 0.2) is 17.8 Å². The summed E-state index contributed by atoms with van der Waals surface area (Å²) in [5.41, 5.74) is -1.02. The van der Waals surface area contributed by atoms with Gasteiger partial charge in [0.15, 0.2) is 15.6 Å². The van der Waals surface area contributed by atoms with E-state index in [2.05, 4.69) is 5.32 Å². The summed E-state index contributed by atoms with van der Waals surface area (Å²) >= 11 is 6.36. The number of benzene rings is 1. The quantitative estimate of drug-likeness (QED) is 0.686. The Labute approximate surface area is 179 Å². The van der Waals surface area contributed by atoms with Crippen LogP contribution in [0.2, 0.25) is 5.02 Å². The minimum Gasteiger partial charge on any atom is -0.496 e. The van der Waals surface area contributed by atoms with Crippen molar-refractivity contribution in [3.63, 3.8) is 0 Å². The van der Waals surface area contributed by atoms with E-state index in [1.807, 2.05) is 0 Å². The van der Waals surface area contributed by atoms with E-state index in [9.17, 15) is 18.0 Å². The predicted molar refractivity (Wildman–Crippen MR) is 109 cm³/mol. The Morgan fingerprint density at radius 1 is 1.23 bits per heavy atom. The van der Waals surface area contributed by atoms with Crippen molar-refractivity contribution >= 4 is 33.0 Å². The van der Waals surface area contributed by atoms with Gasteiger partial charge in [-0.2, -0.15) is 0 Å². The molecule has 162 valence electrons. The van der Waals surface area contributed by atoms with Gasteiger partial charge in [-0.25, -0.2) is 8.42 Å². The summed E-state index contributed by atoms with van der Waals surface area (Å²) in [7, 11) is -0.217. The molecule has 2 heterocycles. The van der Waals surface area contributed by atoms with Crippen molar-refractivity contribution in [1.29, 1.82) is 0 Å². The van der Waals surface area contributed by atoms with Crippen LogP contribution in [-0.4, -0.2) is 57.4 Å². The van der Waals surface area contributed by atoms with Crippen molar-refractivity contribution in [3.8, 4) is 17.2 Å². The van der Waals surface area contributed by atoms with Crippen LogP contribution >= 0.6 is 11.6 Å². The molecule has 10 heteroatoms. The highest BCUT2D eigenvalue weighted by molar-refractivity contribution is 7.91. The fourth-order valence-corrected chi connectivity index (χ4v) is 6.34. The molecule has 1 saturated heterocycles. The van der Waals surface area contributed by atoms with Gasteiger partial charge in [0.05, 0.1) is 25.7 Å². The number of hydrogen-bond donors (Lipinski definition) is 1. The third-order valence-corrected chi connectivity index (χ3v) is 8.06. The summed E-state index contributed by atoms with van der Waals surface area (Å²) in [6, 6.07) is 1.24. The van der Waals surface area contributed by atoms with Gasteiger partial charge < -0.3 is 19.5 Å². The Balaban J connectivity index is 1.68. The number of allylic oxidation sites excluding steroid dienone is 1. The topological polar surface area (TPSA) is 108 Å². The van der Waals surface area contributed by atoms with E-state index in [4.69, 9.17) is 25.8 Å². The van der Waals surface area contributed by atoms with Crippen molar-refractivity contribution in [2.24, 2.45) is 5.92 Å². The summed E-state index contributed by atoms with van der Waals surface area (Å²) in [6.07, 6.45) is 2.17. The number of hydrogen-bond acceptors (Lipinski definition) is 8. The molecule has 1 N–H and O–H groups in total. The Bertz CT molecular complexity index is 1080. The molecule has 0 saturated carbocycles. The second-order valence-corrected chi connectivity index (χ2v) is 10.5. The van der Waals surface area contributed by atoms with Crippen LogP contribution in [0.25, 0.3) is 0 Å². The molecule has 3 aliphatic rings. The van der Waals surface area contributed by atoms with Gasteiger partial charge in [0.2, 0.25) is 17.2 Å². The van der Waals surface area contributed by atoms with Crippen molar-refractivity contribution in [1.82, 2.24) is 5.32 Å². The van der Waals surface area contributed by atoms with Gasteiger partial charge in [-0.15, -0.1) is 0 Å². The summed E-state index contributed by atoms with van der Waals surface area (Å²) in [6.45, 7) is 1.75. The number of ketones is 2. The number of carbonyl (C=O) groups is 2. The maximum Gasteiger partial charge on any atom is 0.236 e. The van der Waals surface area contributed by atoms with Gasteiger partial charge in [-0.05, 0) is 12.8 Å². The Kier molecular flexibility index (Phi) is 5.01. The van der Waals surface area contributed by atoms with E-state index in [0.29, 0.717) is 18.5 Å². The second-order valence-electron chi connectivity index (χ2n) is 7.85. The van der Waals surface area contributed by atoms with Gasteiger partial charge >= 0.3 is 0 Å². The van der Waals surface area contributed by atoms with Crippen molar-refractivity contribution in [2.75, 3.05) is 25.7 Å². The molecule has 4 rings (SSSR count). The normalized spacial score (nSPS) is 29.4. The van der Waals surface area contributed by atoms with E-state index >= 15 is 0 Å². The summed E-state index contributed by atoms with van der Waals surface area (Å²) < 4.78 is 39.9. The molecule has 1 aliphatic carbocycles. The van der Waals surface area contributed by atoms with Crippen molar-refractivity contribution in [3.05, 3.63) is 28.4 Å². The monoisotopic (exact) mass is 455 g/mol. The molecule has 2 aliphatic heterocycles. The third-order valence-electron chi connectivity index (χ3n) is 5.93. The third kappa shape index (κ3) is 3.06. The molecule has 1 spiro atoms. The lowest BCUT2D eigenvalue weighted by Gasteiger charge is -2.35. The van der Waals surface area contributed by atoms with Gasteiger partial charge in [-0.1, -0.05) is 18.5 Å². The Morgan fingerprint density at radius 2 is 1.93 bits per heavy atom. The summed E-state index contributed by atoms with van der Waals surface area (Å²) in [5.74, 6) is -0.802. The molecule has 0 amide bonds. The van der Waals surface area contributed by atoms with E-state index in [1.165, 1.54) is 26.4 Å². The van der Waals surface area contributed by atoms with Gasteiger partial charge in [-0.3, -0.25) is 9.59 Å². The Morgan fingerprint density at radius 3 is 2.50 bits per heavy atom. The number of ether oxygens (including phenoxy) is 3. The first kappa shape index (κ1) is 21.0. The van der Waals surface area contributed by atoms with Gasteiger partial charge in [0, 0.05) is 29.8 Å². The number of carbonyl (C=O) groups excluding carboxylic acids is 2. The van der Waals surface area contributed by atoms with Crippen LogP contribution < -0.4 is 19.5 Å². The smallest absolute Gasteiger partial charge is 0.236 e. The number of sulfone groups is 1. The van der Waals surface area contributed by atoms with Crippen molar-refractivity contribution < 1.29 is 32.2 Å². The highest BCUT2D eigenvalue weighted by Crippen LogP contribution is 2.52. The van der Waals surface area contributed by atoms with Gasteiger partial charge in [0.25, 0.3) is 0 Å². The van der Waals surface area contributed by atoms with Gasteiger partial charge in [0.1, 0.15) is 22.1 Å². The molecule has 1 aromatic rings. The average molecular weight is 456 g/mol. The maximum atomic E-state index is 13.4. The number of Topliss-reactive ketones (excluding diaryl/α,β-unsaturated/α-hetero) is 1. The molecule has 1 fully saturated rings. The first-order chi connectivity index (χ1) is 14.1. The molecule has 0 aromatic heterocycles.